The van der Waals surface area contributed by atoms with E-state index in [1.807, 2.05) is 12.3 Å². The molecule has 0 aliphatic carbocycles. The van der Waals surface area contributed by atoms with Crippen molar-refractivity contribution in [2.45, 2.75) is 19.4 Å². The largest absolute Gasteiger partial charge is 0.299 e. The molecule has 1 aliphatic heterocycles. The lowest BCUT2D eigenvalue weighted by atomic mass is 9.96. The van der Waals surface area contributed by atoms with Gasteiger partial charge < -0.3 is 0 Å². The van der Waals surface area contributed by atoms with E-state index in [2.05, 4.69) is 16.0 Å². The van der Waals surface area contributed by atoms with Crippen LogP contribution < -0.4 is 0 Å². The molecule has 0 atom stereocenters. The first kappa shape index (κ1) is 15.4. The minimum atomic E-state index is -3.05. The Balaban J connectivity index is 1.78. The van der Waals surface area contributed by atoms with Crippen molar-refractivity contribution in [3.63, 3.8) is 0 Å². The third kappa shape index (κ3) is 4.54. The maximum absolute atomic E-state index is 11.4. The summed E-state index contributed by atoms with van der Waals surface area (Å²) in [6, 6.07) is 4.06. The fraction of sp³-hybridized carbons (Fsp3) is 0.643. The van der Waals surface area contributed by atoms with Crippen molar-refractivity contribution in [2.75, 3.05) is 32.9 Å². The summed E-state index contributed by atoms with van der Waals surface area (Å²) in [5, 5.41) is 0. The van der Waals surface area contributed by atoms with E-state index in [1.54, 1.807) is 13.2 Å². The maximum Gasteiger partial charge on any atom is 0.210 e. The summed E-state index contributed by atoms with van der Waals surface area (Å²) in [6.45, 7) is 3.62. The van der Waals surface area contributed by atoms with Gasteiger partial charge in [0.25, 0.3) is 0 Å². The van der Waals surface area contributed by atoms with Crippen LogP contribution in [0.5, 0.6) is 0 Å². The van der Waals surface area contributed by atoms with Crippen molar-refractivity contribution < 1.29 is 8.42 Å². The highest BCUT2D eigenvalue weighted by Crippen LogP contribution is 2.20. The van der Waals surface area contributed by atoms with Crippen LogP contribution in [0.25, 0.3) is 0 Å². The van der Waals surface area contributed by atoms with Gasteiger partial charge in [-0.15, -0.1) is 0 Å². The molecule has 112 valence electrons. The van der Waals surface area contributed by atoms with Gasteiger partial charge in [0.15, 0.2) is 0 Å². The van der Waals surface area contributed by atoms with Crippen molar-refractivity contribution in [1.29, 1.82) is 0 Å². The lowest BCUT2D eigenvalue weighted by Crippen LogP contribution is -2.38. The van der Waals surface area contributed by atoms with E-state index in [-0.39, 0.29) is 0 Å². The zero-order valence-electron chi connectivity index (χ0n) is 12.2. The van der Waals surface area contributed by atoms with Gasteiger partial charge in [0.2, 0.25) is 10.0 Å². The number of piperidine rings is 1. The summed E-state index contributed by atoms with van der Waals surface area (Å²) in [5.74, 6) is 0.472. The molecule has 1 saturated heterocycles. The first-order valence-corrected chi connectivity index (χ1v) is 8.82. The molecule has 2 rings (SSSR count). The monoisotopic (exact) mass is 297 g/mol. The summed E-state index contributed by atoms with van der Waals surface area (Å²) in [7, 11) is -1.39. The molecule has 1 aromatic rings. The van der Waals surface area contributed by atoms with Gasteiger partial charge in [-0.1, -0.05) is 6.07 Å². The molecule has 1 aliphatic rings. The third-order valence-electron chi connectivity index (χ3n) is 3.92. The molecule has 0 bridgehead atoms. The van der Waals surface area contributed by atoms with Gasteiger partial charge in [0.1, 0.15) is 0 Å². The van der Waals surface area contributed by atoms with Crippen LogP contribution in [0.4, 0.5) is 0 Å². The molecule has 2 heterocycles. The smallest absolute Gasteiger partial charge is 0.210 e. The number of rotatable bonds is 5. The minimum absolute atomic E-state index is 0.472. The molecule has 0 spiro atoms. The Bertz CT molecular complexity index is 510. The maximum atomic E-state index is 11.4. The molecule has 1 fully saturated rings. The molecule has 0 amide bonds. The van der Waals surface area contributed by atoms with Gasteiger partial charge in [-0.2, -0.15) is 0 Å². The molecule has 0 unspecified atom stereocenters. The van der Waals surface area contributed by atoms with Crippen molar-refractivity contribution >= 4 is 10.0 Å². The first-order chi connectivity index (χ1) is 9.45. The van der Waals surface area contributed by atoms with Gasteiger partial charge in [-0.25, -0.2) is 12.7 Å². The fourth-order valence-electron chi connectivity index (χ4n) is 2.58. The van der Waals surface area contributed by atoms with Gasteiger partial charge >= 0.3 is 0 Å². The average molecular weight is 297 g/mol. The zero-order valence-corrected chi connectivity index (χ0v) is 13.0. The number of hydrogen-bond acceptors (Lipinski definition) is 4. The highest BCUT2D eigenvalue weighted by atomic mass is 32.2. The summed E-state index contributed by atoms with van der Waals surface area (Å²) in [6.07, 6.45) is 7.07. The number of aromatic nitrogens is 1. The highest BCUT2D eigenvalue weighted by molar-refractivity contribution is 7.88. The summed E-state index contributed by atoms with van der Waals surface area (Å²) in [4.78, 5) is 6.54. The Morgan fingerprint density at radius 1 is 1.40 bits per heavy atom. The zero-order chi connectivity index (χ0) is 14.6. The number of sulfonamides is 1. The van der Waals surface area contributed by atoms with Crippen LogP contribution >= 0.6 is 0 Å². The van der Waals surface area contributed by atoms with E-state index in [0.29, 0.717) is 12.5 Å². The predicted octanol–water partition coefficient (Wildman–Crippen LogP) is 1.19. The van der Waals surface area contributed by atoms with Gasteiger partial charge in [0, 0.05) is 32.5 Å². The Kier molecular flexibility index (Phi) is 5.12. The minimum Gasteiger partial charge on any atom is -0.299 e. The molecule has 0 aromatic carbocycles. The first-order valence-electron chi connectivity index (χ1n) is 6.97. The molecular formula is C14H23N3O2S. The second-order valence-corrected chi connectivity index (χ2v) is 7.71. The van der Waals surface area contributed by atoms with E-state index in [0.717, 1.165) is 32.5 Å². The molecule has 0 radical (unpaired) electrons. The van der Waals surface area contributed by atoms with Crippen molar-refractivity contribution in [3.05, 3.63) is 30.1 Å². The van der Waals surface area contributed by atoms with Crippen LogP contribution in [0.1, 0.15) is 18.4 Å². The van der Waals surface area contributed by atoms with Gasteiger partial charge in [-0.3, -0.25) is 9.88 Å². The topological polar surface area (TPSA) is 53.5 Å². The molecule has 20 heavy (non-hydrogen) atoms. The van der Waals surface area contributed by atoms with Crippen LogP contribution in [-0.4, -0.2) is 55.5 Å². The van der Waals surface area contributed by atoms with Gasteiger partial charge in [0.05, 0.1) is 6.26 Å². The Morgan fingerprint density at radius 3 is 2.65 bits per heavy atom. The van der Waals surface area contributed by atoms with Crippen molar-refractivity contribution in [3.8, 4) is 0 Å². The summed E-state index contributed by atoms with van der Waals surface area (Å²) < 4.78 is 24.3. The predicted molar refractivity (Wildman–Crippen MR) is 79.7 cm³/mol. The van der Waals surface area contributed by atoms with Crippen LogP contribution in [0, 0.1) is 5.92 Å². The standard InChI is InChI=1S/C14H23N3O2S/c1-16(20(2,18)19)11-13-5-8-17(9-6-13)12-14-4-3-7-15-10-14/h3-4,7,10,13H,5-6,8-9,11-12H2,1-2H3. The molecule has 6 heteroatoms. The Labute approximate surface area is 121 Å². The second kappa shape index (κ2) is 6.65. The Hall–Kier alpha value is -0.980. The van der Waals surface area contributed by atoms with Crippen molar-refractivity contribution in [1.82, 2.24) is 14.2 Å². The SMILES string of the molecule is CN(CC1CCN(Cc2cccnc2)CC1)S(C)(=O)=O. The molecule has 0 saturated carbocycles. The van der Waals surface area contributed by atoms with Crippen molar-refractivity contribution in [2.24, 2.45) is 5.92 Å². The number of likely N-dealkylation sites (tertiary alicyclic amines) is 1. The molecule has 0 N–H and O–H groups in total. The lowest BCUT2D eigenvalue weighted by Gasteiger charge is -2.33. The van der Waals surface area contributed by atoms with Crippen LogP contribution in [0.15, 0.2) is 24.5 Å². The molecular weight excluding hydrogens is 274 g/mol. The summed E-state index contributed by atoms with van der Waals surface area (Å²) in [5.41, 5.74) is 1.24. The summed E-state index contributed by atoms with van der Waals surface area (Å²) >= 11 is 0. The van der Waals surface area contributed by atoms with Crippen LogP contribution in [-0.2, 0) is 16.6 Å². The quantitative estimate of drug-likeness (QED) is 0.819. The number of pyridine rings is 1. The van der Waals surface area contributed by atoms with Gasteiger partial charge in [-0.05, 0) is 43.5 Å². The average Bonchev–Trinajstić information content (AvgIpc) is 2.41. The molecule has 5 nitrogen and oxygen atoms in total. The van der Waals surface area contributed by atoms with E-state index in [9.17, 15) is 8.42 Å². The van der Waals surface area contributed by atoms with E-state index < -0.39 is 10.0 Å². The van der Waals surface area contributed by atoms with E-state index in [4.69, 9.17) is 0 Å². The Morgan fingerprint density at radius 2 is 2.10 bits per heavy atom. The van der Waals surface area contributed by atoms with E-state index >= 15 is 0 Å². The number of nitrogens with zero attached hydrogens (tertiary/aromatic N) is 3. The normalized spacial score (nSPS) is 18.6. The fourth-order valence-corrected chi connectivity index (χ4v) is 3.06. The molecule has 1 aromatic heterocycles. The number of hydrogen-bond donors (Lipinski definition) is 0. The van der Waals surface area contributed by atoms with Crippen LogP contribution in [0.2, 0.25) is 0 Å². The lowest BCUT2D eigenvalue weighted by molar-refractivity contribution is 0.166. The van der Waals surface area contributed by atoms with Crippen LogP contribution in [0.3, 0.4) is 0 Å². The highest BCUT2D eigenvalue weighted by Gasteiger charge is 2.23. The van der Waals surface area contributed by atoms with E-state index in [1.165, 1.54) is 16.1 Å². The third-order valence-corrected chi connectivity index (χ3v) is 5.20. The second-order valence-electron chi connectivity index (χ2n) is 5.62.